The molecule has 17 heavy (non-hydrogen) atoms. The Bertz CT molecular complexity index is 376. The summed E-state index contributed by atoms with van der Waals surface area (Å²) < 4.78 is 0. The van der Waals surface area contributed by atoms with Crippen molar-refractivity contribution in [1.29, 1.82) is 0 Å². The van der Waals surface area contributed by atoms with Gasteiger partial charge in [-0.25, -0.2) is 4.79 Å². The van der Waals surface area contributed by atoms with Crippen LogP contribution >= 0.6 is 0 Å². The average molecular weight is 235 g/mol. The summed E-state index contributed by atoms with van der Waals surface area (Å²) in [6.07, 6.45) is 2.15. The molecule has 2 N–H and O–H groups in total. The van der Waals surface area contributed by atoms with Crippen molar-refractivity contribution in [2.24, 2.45) is 0 Å². The number of nitrogens with one attached hydrogen (secondary N) is 1. The molecule has 0 aliphatic carbocycles. The minimum Gasteiger partial charge on any atom is -0.480 e. The molecule has 1 aromatic rings. The summed E-state index contributed by atoms with van der Waals surface area (Å²) in [5, 5.41) is 11.5. The number of hydrogen-bond acceptors (Lipinski definition) is 2. The van der Waals surface area contributed by atoms with Gasteiger partial charge < -0.3 is 10.4 Å². The van der Waals surface area contributed by atoms with E-state index in [0.717, 1.165) is 12.8 Å². The van der Waals surface area contributed by atoms with Crippen molar-refractivity contribution >= 4 is 11.9 Å². The van der Waals surface area contributed by atoms with Gasteiger partial charge in [-0.2, -0.15) is 0 Å². The molecule has 0 saturated heterocycles. The number of rotatable bonds is 6. The second-order valence-electron chi connectivity index (χ2n) is 3.87. The highest BCUT2D eigenvalue weighted by Crippen LogP contribution is 2.04. The minimum atomic E-state index is -0.984. The Labute approximate surface area is 101 Å². The molecule has 4 nitrogen and oxygen atoms in total. The third kappa shape index (κ3) is 4.26. The third-order valence-electron chi connectivity index (χ3n) is 2.49. The van der Waals surface area contributed by atoms with Crippen molar-refractivity contribution in [2.75, 3.05) is 0 Å². The highest BCUT2D eigenvalue weighted by atomic mass is 16.4. The SMILES string of the molecule is CCCCC(NC(=O)c1ccccc1)C(=O)O. The van der Waals surface area contributed by atoms with E-state index in [1.165, 1.54) is 0 Å². The van der Waals surface area contributed by atoms with Crippen molar-refractivity contribution in [3.8, 4) is 0 Å². The Morgan fingerprint density at radius 1 is 1.29 bits per heavy atom. The van der Waals surface area contributed by atoms with Crippen molar-refractivity contribution in [1.82, 2.24) is 5.32 Å². The van der Waals surface area contributed by atoms with E-state index in [9.17, 15) is 9.59 Å². The number of carbonyl (C=O) groups excluding carboxylic acids is 1. The first kappa shape index (κ1) is 13.2. The fourth-order valence-corrected chi connectivity index (χ4v) is 1.50. The number of hydrogen-bond donors (Lipinski definition) is 2. The van der Waals surface area contributed by atoms with E-state index in [4.69, 9.17) is 5.11 Å². The second-order valence-corrected chi connectivity index (χ2v) is 3.87. The molecule has 0 bridgehead atoms. The molecule has 0 aliphatic rings. The summed E-state index contributed by atoms with van der Waals surface area (Å²) in [7, 11) is 0. The number of benzene rings is 1. The molecule has 0 saturated carbocycles. The van der Waals surface area contributed by atoms with Crippen molar-refractivity contribution in [3.05, 3.63) is 35.9 Å². The monoisotopic (exact) mass is 235 g/mol. The van der Waals surface area contributed by atoms with Gasteiger partial charge in [-0.15, -0.1) is 0 Å². The van der Waals surface area contributed by atoms with Gasteiger partial charge in [0.05, 0.1) is 0 Å². The van der Waals surface area contributed by atoms with Crippen molar-refractivity contribution in [3.63, 3.8) is 0 Å². The molecule has 0 heterocycles. The molecule has 0 aromatic heterocycles. The second kappa shape index (κ2) is 6.68. The molecule has 4 heteroatoms. The lowest BCUT2D eigenvalue weighted by atomic mass is 10.1. The normalized spacial score (nSPS) is 11.8. The smallest absolute Gasteiger partial charge is 0.326 e. The van der Waals surface area contributed by atoms with Gasteiger partial charge in [-0.1, -0.05) is 38.0 Å². The van der Waals surface area contributed by atoms with Crippen LogP contribution < -0.4 is 5.32 Å². The first-order valence-electron chi connectivity index (χ1n) is 5.74. The predicted octanol–water partition coefficient (Wildman–Crippen LogP) is 2.06. The number of aliphatic carboxylic acids is 1. The van der Waals surface area contributed by atoms with Crippen LogP contribution in [0, 0.1) is 0 Å². The van der Waals surface area contributed by atoms with Gasteiger partial charge in [-0.05, 0) is 18.6 Å². The van der Waals surface area contributed by atoms with E-state index < -0.39 is 12.0 Å². The van der Waals surface area contributed by atoms with Gasteiger partial charge in [0.1, 0.15) is 6.04 Å². The molecule has 1 amide bonds. The molecular weight excluding hydrogens is 218 g/mol. The highest BCUT2D eigenvalue weighted by molar-refractivity contribution is 5.96. The molecule has 0 aliphatic heterocycles. The average Bonchev–Trinajstić information content (AvgIpc) is 2.35. The van der Waals surface area contributed by atoms with E-state index in [1.54, 1.807) is 24.3 Å². The number of carboxylic acid groups (broad SMARTS) is 1. The minimum absolute atomic E-state index is 0.339. The van der Waals surface area contributed by atoms with Crippen LogP contribution in [0.4, 0.5) is 0 Å². The lowest BCUT2D eigenvalue weighted by Gasteiger charge is -2.13. The number of amides is 1. The molecule has 1 unspecified atom stereocenters. The number of carbonyl (C=O) groups is 2. The van der Waals surface area contributed by atoms with Crippen LogP contribution in [0.1, 0.15) is 36.5 Å². The summed E-state index contributed by atoms with van der Waals surface area (Å²) in [6.45, 7) is 1.98. The maximum Gasteiger partial charge on any atom is 0.326 e. The first-order chi connectivity index (χ1) is 8.15. The van der Waals surface area contributed by atoms with E-state index in [0.29, 0.717) is 12.0 Å². The number of unbranched alkanes of at least 4 members (excludes halogenated alkanes) is 1. The molecule has 0 radical (unpaired) electrons. The van der Waals surface area contributed by atoms with E-state index >= 15 is 0 Å². The van der Waals surface area contributed by atoms with E-state index in [1.807, 2.05) is 13.0 Å². The summed E-state index contributed by atoms with van der Waals surface area (Å²) >= 11 is 0. The van der Waals surface area contributed by atoms with Crippen molar-refractivity contribution in [2.45, 2.75) is 32.2 Å². The Morgan fingerprint density at radius 2 is 1.94 bits per heavy atom. The maximum atomic E-state index is 11.7. The van der Waals surface area contributed by atoms with E-state index in [-0.39, 0.29) is 5.91 Å². The quantitative estimate of drug-likeness (QED) is 0.793. The van der Waals surface area contributed by atoms with Crippen LogP contribution in [0.15, 0.2) is 30.3 Å². The Morgan fingerprint density at radius 3 is 2.47 bits per heavy atom. The predicted molar refractivity (Wildman–Crippen MR) is 64.9 cm³/mol. The number of carboxylic acids is 1. The van der Waals surface area contributed by atoms with Gasteiger partial charge >= 0.3 is 5.97 Å². The fourth-order valence-electron chi connectivity index (χ4n) is 1.50. The molecule has 1 atom stereocenters. The topological polar surface area (TPSA) is 66.4 Å². The fraction of sp³-hybridized carbons (Fsp3) is 0.385. The molecule has 0 fully saturated rings. The lowest BCUT2D eigenvalue weighted by molar-refractivity contribution is -0.139. The Hall–Kier alpha value is -1.84. The van der Waals surface area contributed by atoms with Crippen molar-refractivity contribution < 1.29 is 14.7 Å². The summed E-state index contributed by atoms with van der Waals surface area (Å²) in [6, 6.07) is 7.82. The molecular formula is C13H17NO3. The zero-order chi connectivity index (χ0) is 12.7. The zero-order valence-electron chi connectivity index (χ0n) is 9.85. The first-order valence-corrected chi connectivity index (χ1v) is 5.74. The maximum absolute atomic E-state index is 11.7. The van der Waals surface area contributed by atoms with Gasteiger partial charge in [0.2, 0.25) is 0 Å². The van der Waals surface area contributed by atoms with Gasteiger partial charge in [0.15, 0.2) is 0 Å². The Kier molecular flexibility index (Phi) is 5.20. The highest BCUT2D eigenvalue weighted by Gasteiger charge is 2.19. The zero-order valence-corrected chi connectivity index (χ0v) is 9.85. The van der Waals surface area contributed by atoms with Crippen LogP contribution in [0.2, 0.25) is 0 Å². The van der Waals surface area contributed by atoms with Gasteiger partial charge in [0, 0.05) is 5.56 Å². The van der Waals surface area contributed by atoms with Crippen LogP contribution in [-0.4, -0.2) is 23.0 Å². The van der Waals surface area contributed by atoms with E-state index in [2.05, 4.69) is 5.32 Å². The third-order valence-corrected chi connectivity index (χ3v) is 2.49. The molecule has 0 spiro atoms. The van der Waals surface area contributed by atoms with Gasteiger partial charge in [0.25, 0.3) is 5.91 Å². The van der Waals surface area contributed by atoms with Crippen LogP contribution in [0.3, 0.4) is 0 Å². The summed E-state index contributed by atoms with van der Waals surface area (Å²) in [5.74, 6) is -1.32. The van der Waals surface area contributed by atoms with Crippen LogP contribution in [0.5, 0.6) is 0 Å². The molecule has 92 valence electrons. The standard InChI is InChI=1S/C13H17NO3/c1-2-3-9-11(13(16)17)14-12(15)10-7-5-4-6-8-10/h4-8,11H,2-3,9H2,1H3,(H,14,15)(H,16,17). The van der Waals surface area contributed by atoms with Crippen LogP contribution in [-0.2, 0) is 4.79 Å². The lowest BCUT2D eigenvalue weighted by Crippen LogP contribution is -2.40. The summed E-state index contributed by atoms with van der Waals surface area (Å²) in [4.78, 5) is 22.7. The van der Waals surface area contributed by atoms with Gasteiger partial charge in [-0.3, -0.25) is 4.79 Å². The largest absolute Gasteiger partial charge is 0.480 e. The van der Waals surface area contributed by atoms with Crippen LogP contribution in [0.25, 0.3) is 0 Å². The Balaban J connectivity index is 2.61. The molecule has 1 aromatic carbocycles. The summed E-state index contributed by atoms with van der Waals surface area (Å²) in [5.41, 5.74) is 0.482. The molecule has 1 rings (SSSR count).